The van der Waals surface area contributed by atoms with Gasteiger partial charge in [0.15, 0.2) is 11.6 Å². The third-order valence-electron chi connectivity index (χ3n) is 9.71. The number of hydrogen-bond donors (Lipinski definition) is 0. The van der Waals surface area contributed by atoms with E-state index in [1.54, 1.807) is 0 Å². The summed E-state index contributed by atoms with van der Waals surface area (Å²) in [5.74, 6) is 1.87. The van der Waals surface area contributed by atoms with Crippen molar-refractivity contribution < 1.29 is 0 Å². The molecular formula is C46H30N4S. The molecule has 0 amide bonds. The van der Waals surface area contributed by atoms with Crippen molar-refractivity contribution in [2.45, 2.75) is 6.92 Å². The van der Waals surface area contributed by atoms with Crippen LogP contribution in [0.15, 0.2) is 158 Å². The van der Waals surface area contributed by atoms with Crippen LogP contribution in [0, 0.1) is 0 Å². The Morgan fingerprint density at radius 1 is 0.510 bits per heavy atom. The summed E-state index contributed by atoms with van der Waals surface area (Å²) in [5, 5.41) is 7.35. The van der Waals surface area contributed by atoms with Crippen LogP contribution in [-0.4, -0.2) is 19.5 Å². The molecule has 0 aliphatic carbocycles. The Bertz CT molecular complexity index is 2900. The fraction of sp³-hybridized carbons (Fsp3) is 0.0217. The molecule has 0 aliphatic heterocycles. The molecular weight excluding hydrogens is 641 g/mol. The highest BCUT2D eigenvalue weighted by molar-refractivity contribution is 7.27. The maximum atomic E-state index is 5.27. The molecule has 0 saturated heterocycles. The number of allylic oxidation sites excluding steroid dienone is 1. The van der Waals surface area contributed by atoms with Gasteiger partial charge in [0.05, 0.1) is 15.7 Å². The van der Waals surface area contributed by atoms with Crippen molar-refractivity contribution in [3.63, 3.8) is 0 Å². The second kappa shape index (κ2) is 11.9. The molecule has 0 atom stereocenters. The lowest BCUT2D eigenvalue weighted by atomic mass is 9.97. The molecule has 0 radical (unpaired) electrons. The smallest absolute Gasteiger partial charge is 0.238 e. The van der Waals surface area contributed by atoms with E-state index in [1.807, 2.05) is 47.7 Å². The summed E-state index contributed by atoms with van der Waals surface area (Å²) in [6, 6.07) is 53.5. The average molecular weight is 671 g/mol. The summed E-state index contributed by atoms with van der Waals surface area (Å²) in [4.78, 5) is 15.6. The van der Waals surface area contributed by atoms with Crippen LogP contribution in [0.4, 0.5) is 0 Å². The fourth-order valence-electron chi connectivity index (χ4n) is 7.46. The van der Waals surface area contributed by atoms with Crippen LogP contribution in [-0.2, 0) is 0 Å². The molecule has 7 aromatic carbocycles. The molecule has 3 heterocycles. The zero-order valence-electron chi connectivity index (χ0n) is 27.8. The van der Waals surface area contributed by atoms with Crippen molar-refractivity contribution in [3.05, 3.63) is 163 Å². The number of aromatic nitrogens is 4. The number of thiophene rings is 1. The highest BCUT2D eigenvalue weighted by atomic mass is 32.1. The molecule has 0 bridgehead atoms. The van der Waals surface area contributed by atoms with Crippen molar-refractivity contribution in [1.82, 2.24) is 19.5 Å². The zero-order chi connectivity index (χ0) is 33.9. The Kier molecular flexibility index (Phi) is 6.86. The summed E-state index contributed by atoms with van der Waals surface area (Å²) >= 11 is 1.84. The third kappa shape index (κ3) is 4.78. The standard InChI is InChI=1S/C46H30N4S/c1-2-14-29-23-26-39-37(27-29)41-35-22-13-12-21-34(35)40-36-28-33(30-15-6-3-7-16-30)24-25-38(36)50(42(40)43(41)51-39)46-48-44(31-17-8-4-9-18-31)47-45(49-46)32-19-10-5-11-20-32/h2-28H,1H3/b14-2+. The average Bonchev–Trinajstić information content (AvgIpc) is 3.75. The fourth-order valence-corrected chi connectivity index (χ4v) is 8.70. The van der Waals surface area contributed by atoms with E-state index in [9.17, 15) is 0 Å². The highest BCUT2D eigenvalue weighted by Crippen LogP contribution is 2.48. The minimum absolute atomic E-state index is 0.596. The molecule has 240 valence electrons. The van der Waals surface area contributed by atoms with Crippen molar-refractivity contribution in [1.29, 1.82) is 0 Å². The largest absolute Gasteiger partial charge is 0.276 e. The molecule has 5 heteroatoms. The van der Waals surface area contributed by atoms with Crippen molar-refractivity contribution in [2.75, 3.05) is 0 Å². The molecule has 0 unspecified atom stereocenters. The van der Waals surface area contributed by atoms with Crippen LogP contribution in [0.2, 0.25) is 0 Å². The number of nitrogens with zero attached hydrogens (tertiary/aromatic N) is 4. The zero-order valence-corrected chi connectivity index (χ0v) is 28.6. The summed E-state index contributed by atoms with van der Waals surface area (Å²) in [7, 11) is 0. The lowest BCUT2D eigenvalue weighted by molar-refractivity contribution is 0.955. The number of rotatable bonds is 5. The minimum atomic E-state index is 0.596. The van der Waals surface area contributed by atoms with Crippen LogP contribution in [0.25, 0.3) is 98.7 Å². The Morgan fingerprint density at radius 2 is 1.12 bits per heavy atom. The first kappa shape index (κ1) is 29.5. The van der Waals surface area contributed by atoms with Gasteiger partial charge in [-0.2, -0.15) is 9.97 Å². The van der Waals surface area contributed by atoms with Gasteiger partial charge in [-0.1, -0.05) is 140 Å². The van der Waals surface area contributed by atoms with Crippen LogP contribution in [0.5, 0.6) is 0 Å². The quantitative estimate of drug-likeness (QED) is 0.183. The van der Waals surface area contributed by atoms with Crippen LogP contribution >= 0.6 is 11.3 Å². The molecule has 10 rings (SSSR count). The number of hydrogen-bond acceptors (Lipinski definition) is 4. The second-order valence-corrected chi connectivity index (χ2v) is 13.8. The van der Waals surface area contributed by atoms with Crippen molar-refractivity contribution in [2.24, 2.45) is 0 Å². The van der Waals surface area contributed by atoms with Gasteiger partial charge >= 0.3 is 0 Å². The lowest BCUT2D eigenvalue weighted by Gasteiger charge is -2.12. The van der Waals surface area contributed by atoms with E-state index in [4.69, 9.17) is 15.0 Å². The van der Waals surface area contributed by atoms with Gasteiger partial charge < -0.3 is 0 Å². The van der Waals surface area contributed by atoms with Gasteiger partial charge in [0, 0.05) is 37.4 Å². The first-order valence-corrected chi connectivity index (χ1v) is 18.0. The van der Waals surface area contributed by atoms with Crippen LogP contribution < -0.4 is 0 Å². The van der Waals surface area contributed by atoms with Crippen LogP contribution in [0.1, 0.15) is 12.5 Å². The monoisotopic (exact) mass is 670 g/mol. The van der Waals surface area contributed by atoms with Crippen LogP contribution in [0.3, 0.4) is 0 Å². The summed E-state index contributed by atoms with van der Waals surface area (Å²) < 4.78 is 4.76. The summed E-state index contributed by atoms with van der Waals surface area (Å²) in [5.41, 5.74) is 7.60. The summed E-state index contributed by atoms with van der Waals surface area (Å²) in [6.45, 7) is 2.07. The van der Waals surface area contributed by atoms with Crippen molar-refractivity contribution in [3.8, 4) is 39.9 Å². The molecule has 10 aromatic rings. The van der Waals surface area contributed by atoms with E-state index in [1.165, 1.54) is 58.4 Å². The van der Waals surface area contributed by atoms with Gasteiger partial charge in [-0.15, -0.1) is 11.3 Å². The minimum Gasteiger partial charge on any atom is -0.276 e. The molecule has 0 fully saturated rings. The van der Waals surface area contributed by atoms with E-state index >= 15 is 0 Å². The third-order valence-corrected chi connectivity index (χ3v) is 10.9. The van der Waals surface area contributed by atoms with E-state index < -0.39 is 0 Å². The predicted octanol–water partition coefficient (Wildman–Crippen LogP) is 12.5. The molecule has 0 aliphatic rings. The van der Waals surface area contributed by atoms with E-state index in [-0.39, 0.29) is 0 Å². The Morgan fingerprint density at radius 3 is 1.76 bits per heavy atom. The molecule has 3 aromatic heterocycles. The maximum Gasteiger partial charge on any atom is 0.238 e. The Labute approximate surface area is 298 Å². The first-order valence-electron chi connectivity index (χ1n) is 17.2. The SMILES string of the molecule is C/C=C/c1ccc2sc3c(c2c1)c1ccccc1c1c2cc(-c4ccccc4)ccc2n(-c2nc(-c4ccccc4)nc(-c4ccccc4)n2)c31. The normalized spacial score (nSPS) is 11.9. The molecule has 0 saturated carbocycles. The maximum absolute atomic E-state index is 5.27. The predicted molar refractivity (Wildman–Crippen MR) is 216 cm³/mol. The van der Waals surface area contributed by atoms with E-state index in [0.29, 0.717) is 17.6 Å². The number of fused-ring (bicyclic) bond motifs is 10. The van der Waals surface area contributed by atoms with Gasteiger partial charge in [0.2, 0.25) is 5.95 Å². The molecule has 0 N–H and O–H groups in total. The lowest BCUT2D eigenvalue weighted by Crippen LogP contribution is -2.06. The first-order chi connectivity index (χ1) is 25.2. The van der Waals surface area contributed by atoms with E-state index in [0.717, 1.165) is 22.2 Å². The molecule has 4 nitrogen and oxygen atoms in total. The topological polar surface area (TPSA) is 43.6 Å². The van der Waals surface area contributed by atoms with Gasteiger partial charge in [-0.3, -0.25) is 4.57 Å². The second-order valence-electron chi connectivity index (χ2n) is 12.8. The van der Waals surface area contributed by atoms with Gasteiger partial charge in [0.25, 0.3) is 0 Å². The van der Waals surface area contributed by atoms with Crippen molar-refractivity contribution >= 4 is 70.2 Å². The number of benzene rings is 7. The Hall–Kier alpha value is -6.43. The molecule has 0 spiro atoms. The highest BCUT2D eigenvalue weighted by Gasteiger charge is 2.24. The van der Waals surface area contributed by atoms with Gasteiger partial charge in [-0.05, 0) is 58.7 Å². The van der Waals surface area contributed by atoms with E-state index in [2.05, 4.69) is 139 Å². The summed E-state index contributed by atoms with van der Waals surface area (Å²) in [6.07, 6.45) is 4.27. The Balaban J connectivity index is 1.41. The van der Waals surface area contributed by atoms with Gasteiger partial charge in [-0.25, -0.2) is 4.98 Å². The van der Waals surface area contributed by atoms with Gasteiger partial charge in [0.1, 0.15) is 0 Å². The molecule has 51 heavy (non-hydrogen) atoms.